The molecule has 0 atom stereocenters. The Bertz CT molecular complexity index is 722. The number of hydrogen-bond donors (Lipinski definition) is 1. The van der Waals surface area contributed by atoms with Crippen molar-refractivity contribution in [3.8, 4) is 0 Å². The molecule has 0 aliphatic rings. The Hall–Kier alpha value is -2.37. The molecule has 0 saturated heterocycles. The van der Waals surface area contributed by atoms with E-state index in [9.17, 15) is 9.59 Å². The lowest BCUT2D eigenvalue weighted by atomic mass is 10.2. The number of imidazole rings is 1. The van der Waals surface area contributed by atoms with E-state index in [0.717, 1.165) is 42.4 Å². The summed E-state index contributed by atoms with van der Waals surface area (Å²) in [6.45, 7) is 5.01. The first-order valence-corrected chi connectivity index (χ1v) is 8.39. The van der Waals surface area contributed by atoms with Gasteiger partial charge in [0.15, 0.2) is 0 Å². The zero-order chi connectivity index (χ0) is 17.5. The van der Waals surface area contributed by atoms with Crippen molar-refractivity contribution in [2.24, 2.45) is 0 Å². The zero-order valence-corrected chi connectivity index (χ0v) is 14.6. The van der Waals surface area contributed by atoms with Crippen LogP contribution in [0.4, 0.5) is 5.95 Å². The van der Waals surface area contributed by atoms with Gasteiger partial charge in [0.05, 0.1) is 24.6 Å². The summed E-state index contributed by atoms with van der Waals surface area (Å²) in [7, 11) is 1.32. The fourth-order valence-electron chi connectivity index (χ4n) is 2.70. The lowest BCUT2D eigenvalue weighted by molar-refractivity contribution is -0.141. The highest BCUT2D eigenvalue weighted by Crippen LogP contribution is 2.24. The number of carbonyl (C=O) groups excluding carboxylic acids is 2. The van der Waals surface area contributed by atoms with Crippen molar-refractivity contribution in [3.63, 3.8) is 0 Å². The molecule has 1 amide bonds. The van der Waals surface area contributed by atoms with Gasteiger partial charge >= 0.3 is 5.97 Å². The third-order valence-corrected chi connectivity index (χ3v) is 3.99. The van der Waals surface area contributed by atoms with Crippen LogP contribution in [0.3, 0.4) is 0 Å². The number of para-hydroxylation sites is 1. The first-order valence-electron chi connectivity index (χ1n) is 8.39. The Labute approximate surface area is 142 Å². The number of rotatable bonds is 8. The second kappa shape index (κ2) is 8.47. The number of aromatic nitrogens is 2. The summed E-state index contributed by atoms with van der Waals surface area (Å²) in [4.78, 5) is 27.8. The molecule has 0 aliphatic carbocycles. The standard InChI is InChI=1S/C18H25N3O3/c1-4-5-6-12-21-17-13(2)8-7-9-14(17)19-18(21)20-15(22)10-11-16(23)24-3/h7-9H,4-6,10-12H2,1-3H3,(H,19,20,22). The van der Waals surface area contributed by atoms with Crippen LogP contribution in [-0.2, 0) is 20.9 Å². The van der Waals surface area contributed by atoms with Crippen LogP contribution in [0.15, 0.2) is 18.2 Å². The van der Waals surface area contributed by atoms with E-state index in [1.54, 1.807) is 0 Å². The van der Waals surface area contributed by atoms with Gasteiger partial charge in [-0.2, -0.15) is 0 Å². The van der Waals surface area contributed by atoms with Gasteiger partial charge in [-0.3, -0.25) is 14.9 Å². The van der Waals surface area contributed by atoms with Gasteiger partial charge < -0.3 is 9.30 Å². The van der Waals surface area contributed by atoms with E-state index < -0.39 is 5.97 Å². The Kier molecular flexibility index (Phi) is 6.35. The second-order valence-electron chi connectivity index (χ2n) is 5.86. The molecule has 2 aromatic rings. The molecule has 0 unspecified atom stereocenters. The number of nitrogens with one attached hydrogen (secondary N) is 1. The number of aryl methyl sites for hydroxylation is 2. The number of methoxy groups -OCH3 is 1. The molecule has 1 N–H and O–H groups in total. The van der Waals surface area contributed by atoms with Gasteiger partial charge in [0, 0.05) is 13.0 Å². The summed E-state index contributed by atoms with van der Waals surface area (Å²) in [5.41, 5.74) is 3.05. The molecule has 2 rings (SSSR count). The van der Waals surface area contributed by atoms with Crippen molar-refractivity contribution >= 4 is 28.9 Å². The van der Waals surface area contributed by atoms with Crippen LogP contribution in [0.25, 0.3) is 11.0 Å². The van der Waals surface area contributed by atoms with Crippen LogP contribution >= 0.6 is 0 Å². The third-order valence-electron chi connectivity index (χ3n) is 3.99. The predicted octanol–water partition coefficient (Wildman–Crippen LogP) is 3.43. The molecule has 0 aliphatic heterocycles. The van der Waals surface area contributed by atoms with Gasteiger partial charge in [0.1, 0.15) is 0 Å². The minimum Gasteiger partial charge on any atom is -0.469 e. The minimum atomic E-state index is -0.391. The topological polar surface area (TPSA) is 73.2 Å². The van der Waals surface area contributed by atoms with Crippen molar-refractivity contribution in [2.45, 2.75) is 52.5 Å². The summed E-state index contributed by atoms with van der Waals surface area (Å²) in [5.74, 6) is -0.0761. The highest BCUT2D eigenvalue weighted by Gasteiger charge is 2.15. The van der Waals surface area contributed by atoms with Gasteiger partial charge in [0.2, 0.25) is 11.9 Å². The number of carbonyl (C=O) groups is 2. The molecule has 0 radical (unpaired) electrons. The van der Waals surface area contributed by atoms with E-state index in [1.807, 2.05) is 25.1 Å². The van der Waals surface area contributed by atoms with Gasteiger partial charge in [-0.05, 0) is 25.0 Å². The maximum atomic E-state index is 12.1. The van der Waals surface area contributed by atoms with E-state index in [1.165, 1.54) is 7.11 Å². The number of anilines is 1. The molecule has 24 heavy (non-hydrogen) atoms. The number of esters is 1. The molecule has 1 aromatic carbocycles. The minimum absolute atomic E-state index is 0.0669. The van der Waals surface area contributed by atoms with Crippen molar-refractivity contribution in [3.05, 3.63) is 23.8 Å². The van der Waals surface area contributed by atoms with Crippen LogP contribution in [0.2, 0.25) is 0 Å². The number of fused-ring (bicyclic) bond motifs is 1. The average Bonchev–Trinajstić information content (AvgIpc) is 2.91. The largest absolute Gasteiger partial charge is 0.469 e. The first kappa shape index (κ1) is 18.0. The maximum absolute atomic E-state index is 12.1. The first-order chi connectivity index (χ1) is 11.6. The van der Waals surface area contributed by atoms with Crippen LogP contribution in [0.5, 0.6) is 0 Å². The zero-order valence-electron chi connectivity index (χ0n) is 14.6. The van der Waals surface area contributed by atoms with Crippen molar-refractivity contribution in [1.29, 1.82) is 0 Å². The van der Waals surface area contributed by atoms with E-state index in [-0.39, 0.29) is 18.7 Å². The number of unbranched alkanes of at least 4 members (excludes halogenated alkanes) is 2. The molecule has 0 fully saturated rings. The van der Waals surface area contributed by atoms with Crippen molar-refractivity contribution < 1.29 is 14.3 Å². The summed E-state index contributed by atoms with van der Waals surface area (Å²) in [6.07, 6.45) is 3.44. The van der Waals surface area contributed by atoms with Crippen LogP contribution in [-0.4, -0.2) is 28.5 Å². The molecule has 0 saturated carbocycles. The van der Waals surface area contributed by atoms with E-state index in [2.05, 4.69) is 26.5 Å². The SMILES string of the molecule is CCCCCn1c(NC(=O)CCC(=O)OC)nc2cccc(C)c21. The molecule has 130 valence electrons. The van der Waals surface area contributed by atoms with E-state index in [4.69, 9.17) is 0 Å². The highest BCUT2D eigenvalue weighted by molar-refractivity contribution is 5.93. The monoisotopic (exact) mass is 331 g/mol. The average molecular weight is 331 g/mol. The molecule has 6 nitrogen and oxygen atoms in total. The normalized spacial score (nSPS) is 10.8. The molecular formula is C18H25N3O3. The number of benzene rings is 1. The lowest BCUT2D eigenvalue weighted by Crippen LogP contribution is -2.17. The van der Waals surface area contributed by atoms with Crippen molar-refractivity contribution in [1.82, 2.24) is 9.55 Å². The van der Waals surface area contributed by atoms with Crippen LogP contribution in [0, 0.1) is 6.92 Å². The summed E-state index contributed by atoms with van der Waals surface area (Å²) in [6, 6.07) is 5.95. The summed E-state index contributed by atoms with van der Waals surface area (Å²) in [5, 5.41) is 2.84. The fourth-order valence-corrected chi connectivity index (χ4v) is 2.70. The fraction of sp³-hybridized carbons (Fsp3) is 0.500. The predicted molar refractivity (Wildman–Crippen MR) is 93.9 cm³/mol. The molecule has 0 spiro atoms. The Morgan fingerprint density at radius 2 is 2.04 bits per heavy atom. The second-order valence-corrected chi connectivity index (χ2v) is 5.86. The van der Waals surface area contributed by atoms with Gasteiger partial charge in [-0.1, -0.05) is 31.9 Å². The number of nitrogens with zero attached hydrogens (tertiary/aromatic N) is 2. The Morgan fingerprint density at radius 1 is 1.25 bits per heavy atom. The number of hydrogen-bond acceptors (Lipinski definition) is 4. The molecule has 1 heterocycles. The maximum Gasteiger partial charge on any atom is 0.306 e. The Balaban J connectivity index is 2.21. The van der Waals surface area contributed by atoms with Crippen LogP contribution < -0.4 is 5.32 Å². The molecule has 6 heteroatoms. The van der Waals surface area contributed by atoms with Gasteiger partial charge in [0.25, 0.3) is 0 Å². The highest BCUT2D eigenvalue weighted by atomic mass is 16.5. The van der Waals surface area contributed by atoms with Crippen LogP contribution in [0.1, 0.15) is 44.6 Å². The lowest BCUT2D eigenvalue weighted by Gasteiger charge is -2.11. The summed E-state index contributed by atoms with van der Waals surface area (Å²) >= 11 is 0. The van der Waals surface area contributed by atoms with Gasteiger partial charge in [-0.15, -0.1) is 0 Å². The van der Waals surface area contributed by atoms with Gasteiger partial charge in [-0.25, -0.2) is 4.98 Å². The van der Waals surface area contributed by atoms with E-state index in [0.29, 0.717) is 5.95 Å². The third kappa shape index (κ3) is 4.34. The molecular weight excluding hydrogens is 306 g/mol. The number of amides is 1. The summed E-state index contributed by atoms with van der Waals surface area (Å²) < 4.78 is 6.63. The van der Waals surface area contributed by atoms with Crippen molar-refractivity contribution in [2.75, 3.05) is 12.4 Å². The number of ether oxygens (including phenoxy) is 1. The quantitative estimate of drug-likeness (QED) is 0.594. The Morgan fingerprint density at radius 3 is 2.75 bits per heavy atom. The van der Waals surface area contributed by atoms with E-state index >= 15 is 0 Å². The molecule has 1 aromatic heterocycles. The molecule has 0 bridgehead atoms. The smallest absolute Gasteiger partial charge is 0.306 e.